The maximum Gasteiger partial charge on any atom is 0.0101 e. The molecular weight excluding hydrogens is 202 g/mol. The molecule has 1 aromatic heterocycles. The van der Waals surface area contributed by atoms with E-state index in [-0.39, 0.29) is 0 Å². The first-order valence-corrected chi connectivity index (χ1v) is 6.38. The van der Waals surface area contributed by atoms with Gasteiger partial charge in [0, 0.05) is 17.3 Å². The number of aryl methyl sites for hydroxylation is 1. The molecule has 1 nitrogen and oxygen atoms in total. The molecule has 2 heteroatoms. The lowest BCUT2D eigenvalue weighted by Gasteiger charge is -2.13. The molecule has 0 saturated carbocycles. The van der Waals surface area contributed by atoms with Crippen LogP contribution in [0, 0.1) is 12.3 Å². The van der Waals surface area contributed by atoms with Gasteiger partial charge in [0.1, 0.15) is 0 Å². The second kappa shape index (κ2) is 7.50. The Morgan fingerprint density at radius 1 is 1.53 bits per heavy atom. The Morgan fingerprint density at radius 2 is 2.40 bits per heavy atom. The average molecular weight is 221 g/mol. The summed E-state index contributed by atoms with van der Waals surface area (Å²) in [4.78, 5) is 1.49. The van der Waals surface area contributed by atoms with Gasteiger partial charge in [-0.3, -0.25) is 0 Å². The zero-order valence-corrected chi connectivity index (χ0v) is 10.1. The maximum atomic E-state index is 5.26. The van der Waals surface area contributed by atoms with Crippen molar-refractivity contribution in [3.8, 4) is 12.3 Å². The minimum absolute atomic E-state index is 0.584. The van der Waals surface area contributed by atoms with Crippen molar-refractivity contribution in [1.29, 1.82) is 0 Å². The van der Waals surface area contributed by atoms with E-state index in [2.05, 4.69) is 28.8 Å². The Labute approximate surface area is 96.9 Å². The fourth-order valence-electron chi connectivity index (χ4n) is 1.67. The van der Waals surface area contributed by atoms with Crippen LogP contribution in [-0.2, 0) is 6.42 Å². The van der Waals surface area contributed by atoms with Crippen molar-refractivity contribution in [3.63, 3.8) is 0 Å². The zero-order chi connectivity index (χ0) is 10.9. The fourth-order valence-corrected chi connectivity index (χ4v) is 2.42. The molecule has 82 valence electrons. The topological polar surface area (TPSA) is 12.0 Å². The maximum absolute atomic E-state index is 5.26. The van der Waals surface area contributed by atoms with Gasteiger partial charge in [0.15, 0.2) is 0 Å². The Morgan fingerprint density at radius 3 is 3.00 bits per heavy atom. The van der Waals surface area contributed by atoms with Crippen LogP contribution in [0.25, 0.3) is 0 Å². The van der Waals surface area contributed by atoms with E-state index in [0.717, 1.165) is 12.8 Å². The summed E-state index contributed by atoms with van der Waals surface area (Å²) in [6, 6.07) is 4.91. The van der Waals surface area contributed by atoms with Crippen molar-refractivity contribution in [3.05, 3.63) is 22.4 Å². The van der Waals surface area contributed by atoms with Crippen molar-refractivity contribution in [2.24, 2.45) is 0 Å². The van der Waals surface area contributed by atoms with Gasteiger partial charge in [0.05, 0.1) is 0 Å². The van der Waals surface area contributed by atoms with Crippen LogP contribution in [0.2, 0.25) is 0 Å². The molecule has 0 spiro atoms. The van der Waals surface area contributed by atoms with Crippen LogP contribution in [0.15, 0.2) is 17.5 Å². The van der Waals surface area contributed by atoms with Gasteiger partial charge in [-0.15, -0.1) is 23.7 Å². The number of hydrogen-bond acceptors (Lipinski definition) is 2. The Kier molecular flexibility index (Phi) is 6.15. The largest absolute Gasteiger partial charge is 0.317 e. The third kappa shape index (κ3) is 5.01. The first-order chi connectivity index (χ1) is 7.36. The molecule has 1 unspecified atom stereocenters. The molecule has 1 heterocycles. The van der Waals surface area contributed by atoms with E-state index in [0.29, 0.717) is 6.04 Å². The summed E-state index contributed by atoms with van der Waals surface area (Å²) in [5, 5.41) is 5.47. The third-order valence-corrected chi connectivity index (χ3v) is 3.54. The van der Waals surface area contributed by atoms with Crippen LogP contribution in [0.5, 0.6) is 0 Å². The van der Waals surface area contributed by atoms with Gasteiger partial charge in [-0.1, -0.05) is 6.07 Å². The molecule has 0 amide bonds. The predicted octanol–water partition coefficient (Wildman–Crippen LogP) is 3.07. The van der Waals surface area contributed by atoms with Gasteiger partial charge in [-0.25, -0.2) is 0 Å². The quantitative estimate of drug-likeness (QED) is 0.698. The van der Waals surface area contributed by atoms with Crippen molar-refractivity contribution in [2.75, 3.05) is 7.05 Å². The highest BCUT2D eigenvalue weighted by Gasteiger charge is 2.04. The molecule has 0 bridgehead atoms. The molecule has 0 saturated heterocycles. The van der Waals surface area contributed by atoms with E-state index in [4.69, 9.17) is 6.42 Å². The van der Waals surface area contributed by atoms with Crippen LogP contribution >= 0.6 is 11.3 Å². The second-order valence-electron chi connectivity index (χ2n) is 3.70. The summed E-state index contributed by atoms with van der Waals surface area (Å²) in [5.41, 5.74) is 0. The summed E-state index contributed by atoms with van der Waals surface area (Å²) in [6.45, 7) is 0. The van der Waals surface area contributed by atoms with Crippen LogP contribution in [0.3, 0.4) is 0 Å². The first-order valence-electron chi connectivity index (χ1n) is 5.50. The van der Waals surface area contributed by atoms with Crippen LogP contribution in [-0.4, -0.2) is 13.1 Å². The zero-order valence-electron chi connectivity index (χ0n) is 9.33. The van der Waals surface area contributed by atoms with Crippen molar-refractivity contribution in [1.82, 2.24) is 5.32 Å². The van der Waals surface area contributed by atoms with E-state index >= 15 is 0 Å². The molecule has 0 aliphatic carbocycles. The first kappa shape index (κ1) is 12.3. The van der Waals surface area contributed by atoms with Crippen molar-refractivity contribution in [2.45, 2.75) is 38.1 Å². The van der Waals surface area contributed by atoms with E-state index in [1.807, 2.05) is 18.4 Å². The Bertz CT molecular complexity index is 284. The molecule has 15 heavy (non-hydrogen) atoms. The molecule has 0 aliphatic heterocycles. The summed E-state index contributed by atoms with van der Waals surface area (Å²) in [6.07, 6.45) is 10.9. The molecule has 0 aliphatic rings. The van der Waals surface area contributed by atoms with Crippen LogP contribution in [0.1, 0.15) is 30.6 Å². The number of hydrogen-bond donors (Lipinski definition) is 1. The SMILES string of the molecule is C#CCCC(CCCc1cccs1)NC. The van der Waals surface area contributed by atoms with Gasteiger partial charge in [0.25, 0.3) is 0 Å². The number of terminal acetylenes is 1. The number of nitrogens with one attached hydrogen (secondary N) is 1. The lowest BCUT2D eigenvalue weighted by Crippen LogP contribution is -2.24. The van der Waals surface area contributed by atoms with Crippen molar-refractivity contribution >= 4 is 11.3 Å². The van der Waals surface area contributed by atoms with Gasteiger partial charge in [-0.2, -0.15) is 0 Å². The monoisotopic (exact) mass is 221 g/mol. The van der Waals surface area contributed by atoms with Gasteiger partial charge >= 0.3 is 0 Å². The Balaban J connectivity index is 2.14. The van der Waals surface area contributed by atoms with E-state index in [1.54, 1.807) is 0 Å². The summed E-state index contributed by atoms with van der Waals surface area (Å²) in [5.74, 6) is 2.70. The standard InChI is InChI=1S/C13H19NS/c1-3-4-7-12(14-2)8-5-9-13-10-6-11-15-13/h1,6,10-12,14H,4-5,7-9H2,2H3. The van der Waals surface area contributed by atoms with E-state index in [9.17, 15) is 0 Å². The highest BCUT2D eigenvalue weighted by molar-refractivity contribution is 7.09. The smallest absolute Gasteiger partial charge is 0.0101 e. The van der Waals surface area contributed by atoms with Crippen LogP contribution < -0.4 is 5.32 Å². The van der Waals surface area contributed by atoms with E-state index < -0.39 is 0 Å². The lowest BCUT2D eigenvalue weighted by molar-refractivity contribution is 0.481. The molecule has 0 fully saturated rings. The molecule has 1 aromatic rings. The molecule has 1 rings (SSSR count). The molecule has 1 atom stereocenters. The molecule has 0 radical (unpaired) electrons. The number of thiophene rings is 1. The van der Waals surface area contributed by atoms with E-state index in [1.165, 1.54) is 24.1 Å². The number of rotatable bonds is 7. The van der Waals surface area contributed by atoms with Gasteiger partial charge in [0.2, 0.25) is 0 Å². The predicted molar refractivity (Wildman–Crippen MR) is 68.2 cm³/mol. The minimum atomic E-state index is 0.584. The van der Waals surface area contributed by atoms with Crippen molar-refractivity contribution < 1.29 is 0 Å². The highest BCUT2D eigenvalue weighted by atomic mass is 32.1. The minimum Gasteiger partial charge on any atom is -0.317 e. The molecule has 1 N–H and O–H groups in total. The highest BCUT2D eigenvalue weighted by Crippen LogP contribution is 2.13. The van der Waals surface area contributed by atoms with Gasteiger partial charge < -0.3 is 5.32 Å². The molecule has 0 aromatic carbocycles. The van der Waals surface area contributed by atoms with Gasteiger partial charge in [-0.05, 0) is 44.2 Å². The summed E-state index contributed by atoms with van der Waals surface area (Å²) in [7, 11) is 2.02. The third-order valence-electron chi connectivity index (χ3n) is 2.60. The average Bonchev–Trinajstić information content (AvgIpc) is 2.76. The van der Waals surface area contributed by atoms with Crippen LogP contribution in [0.4, 0.5) is 0 Å². The lowest BCUT2D eigenvalue weighted by atomic mass is 10.0. The fraction of sp³-hybridized carbons (Fsp3) is 0.538. The summed E-state index contributed by atoms with van der Waals surface area (Å²) < 4.78 is 0. The molecular formula is C13H19NS. The normalized spacial score (nSPS) is 12.3. The second-order valence-corrected chi connectivity index (χ2v) is 4.73. The Hall–Kier alpha value is -0.780. The summed E-state index contributed by atoms with van der Waals surface area (Å²) >= 11 is 1.85.